The van der Waals surface area contributed by atoms with E-state index < -0.39 is 0 Å². The van der Waals surface area contributed by atoms with E-state index in [1.807, 2.05) is 29.2 Å². The molecule has 1 heterocycles. The van der Waals surface area contributed by atoms with E-state index in [0.29, 0.717) is 0 Å². The molecule has 0 unspecified atom stereocenters. The van der Waals surface area contributed by atoms with E-state index >= 15 is 0 Å². The number of carbonyl (C=O) groups is 1. The highest BCUT2D eigenvalue weighted by Crippen LogP contribution is 2.24. The number of thiol groups is 1. The molecule has 17 heavy (non-hydrogen) atoms. The Labute approximate surface area is 108 Å². The van der Waals surface area contributed by atoms with Crippen LogP contribution in [0.1, 0.15) is 29.8 Å². The number of benzene rings is 1. The highest BCUT2D eigenvalue weighted by Gasteiger charge is 2.28. The first-order valence-electron chi connectivity index (χ1n) is 6.01. The molecule has 0 N–H and O–H groups in total. The van der Waals surface area contributed by atoms with Crippen molar-refractivity contribution >= 4 is 18.5 Å². The normalized spacial score (nSPS) is 15.9. The highest BCUT2D eigenvalue weighted by molar-refractivity contribution is 7.80. The molecule has 0 bridgehead atoms. The van der Waals surface area contributed by atoms with E-state index in [0.717, 1.165) is 30.8 Å². The van der Waals surface area contributed by atoms with Crippen molar-refractivity contribution in [3.8, 4) is 0 Å². The van der Waals surface area contributed by atoms with E-state index in [9.17, 15) is 4.79 Å². The predicted molar refractivity (Wildman–Crippen MR) is 73.7 cm³/mol. The average molecular weight is 249 g/mol. The Balaban J connectivity index is 2.18. The summed E-state index contributed by atoms with van der Waals surface area (Å²) in [5, 5.41) is 0. The molecule has 0 atom stereocenters. The van der Waals surface area contributed by atoms with Crippen molar-refractivity contribution in [3.05, 3.63) is 35.4 Å². The van der Waals surface area contributed by atoms with Gasteiger partial charge < -0.3 is 4.90 Å². The van der Waals surface area contributed by atoms with Crippen LogP contribution in [0.3, 0.4) is 0 Å². The third-order valence-electron chi connectivity index (χ3n) is 3.23. The van der Waals surface area contributed by atoms with Crippen molar-refractivity contribution in [2.45, 2.75) is 20.3 Å². The van der Waals surface area contributed by atoms with Gasteiger partial charge in [0, 0.05) is 18.7 Å². The van der Waals surface area contributed by atoms with E-state index in [4.69, 9.17) is 0 Å². The summed E-state index contributed by atoms with van der Waals surface area (Å²) in [4.78, 5) is 14.3. The van der Waals surface area contributed by atoms with Crippen LogP contribution in [0.4, 0.5) is 0 Å². The second-order valence-corrected chi connectivity index (χ2v) is 5.77. The fourth-order valence-corrected chi connectivity index (χ4v) is 2.29. The van der Waals surface area contributed by atoms with Crippen LogP contribution in [-0.4, -0.2) is 29.6 Å². The monoisotopic (exact) mass is 249 g/mol. The van der Waals surface area contributed by atoms with Crippen LogP contribution in [0, 0.1) is 5.41 Å². The lowest BCUT2D eigenvalue weighted by Crippen LogP contribution is -2.43. The lowest BCUT2D eigenvalue weighted by molar-refractivity contribution is 0.0681. The van der Waals surface area contributed by atoms with E-state index in [1.54, 1.807) is 0 Å². The summed E-state index contributed by atoms with van der Waals surface area (Å²) in [5.74, 6) is 0.958. The van der Waals surface area contributed by atoms with Gasteiger partial charge in [0.2, 0.25) is 0 Å². The zero-order valence-electron chi connectivity index (χ0n) is 10.4. The summed E-state index contributed by atoms with van der Waals surface area (Å²) in [6.07, 6.45) is 0.963. The number of amides is 1. The SMILES string of the molecule is CC(C)(CS)CN1CCc2ccccc2C1=O. The first-order valence-corrected chi connectivity index (χ1v) is 6.65. The molecule has 0 spiro atoms. The summed E-state index contributed by atoms with van der Waals surface area (Å²) in [6.45, 7) is 5.90. The Morgan fingerprint density at radius 2 is 2.06 bits per heavy atom. The van der Waals surface area contributed by atoms with Gasteiger partial charge in [0.1, 0.15) is 0 Å². The smallest absolute Gasteiger partial charge is 0.254 e. The molecule has 2 rings (SSSR count). The van der Waals surface area contributed by atoms with Gasteiger partial charge in [-0.25, -0.2) is 0 Å². The number of nitrogens with zero attached hydrogens (tertiary/aromatic N) is 1. The standard InChI is InChI=1S/C14H19NOS/c1-14(2,10-17)9-15-8-7-11-5-3-4-6-12(11)13(15)16/h3-6,17H,7-10H2,1-2H3. The Morgan fingerprint density at radius 1 is 1.35 bits per heavy atom. The largest absolute Gasteiger partial charge is 0.338 e. The molecule has 1 aromatic rings. The molecule has 1 aromatic carbocycles. The van der Waals surface area contributed by atoms with Crippen molar-refractivity contribution in [1.82, 2.24) is 4.90 Å². The minimum absolute atomic E-state index is 0.0745. The molecule has 0 aromatic heterocycles. The van der Waals surface area contributed by atoms with E-state index in [-0.39, 0.29) is 11.3 Å². The number of carbonyl (C=O) groups excluding carboxylic acids is 1. The Hall–Kier alpha value is -0.960. The summed E-state index contributed by atoms with van der Waals surface area (Å²) < 4.78 is 0. The maximum atomic E-state index is 12.3. The van der Waals surface area contributed by atoms with Gasteiger partial charge in [0.15, 0.2) is 0 Å². The van der Waals surface area contributed by atoms with Crippen molar-refractivity contribution in [1.29, 1.82) is 0 Å². The molecule has 2 nitrogen and oxygen atoms in total. The molecule has 3 heteroatoms. The second kappa shape index (κ2) is 4.73. The summed E-state index contributed by atoms with van der Waals surface area (Å²) >= 11 is 4.35. The van der Waals surface area contributed by atoms with Crippen LogP contribution in [0.15, 0.2) is 24.3 Å². The van der Waals surface area contributed by atoms with Crippen LogP contribution < -0.4 is 0 Å². The second-order valence-electron chi connectivity index (χ2n) is 5.46. The van der Waals surface area contributed by atoms with E-state index in [2.05, 4.69) is 26.5 Å². The zero-order chi connectivity index (χ0) is 12.5. The summed E-state index contributed by atoms with van der Waals surface area (Å²) in [5.41, 5.74) is 2.12. The molecule has 0 saturated heterocycles. The van der Waals surface area contributed by atoms with Crippen molar-refractivity contribution in [3.63, 3.8) is 0 Å². The van der Waals surface area contributed by atoms with Gasteiger partial charge in [-0.2, -0.15) is 12.6 Å². The van der Waals surface area contributed by atoms with Crippen LogP contribution in [-0.2, 0) is 6.42 Å². The Morgan fingerprint density at radius 3 is 2.76 bits per heavy atom. The highest BCUT2D eigenvalue weighted by atomic mass is 32.1. The molecular weight excluding hydrogens is 230 g/mol. The topological polar surface area (TPSA) is 20.3 Å². The number of fused-ring (bicyclic) bond motifs is 1. The van der Waals surface area contributed by atoms with Crippen molar-refractivity contribution in [2.75, 3.05) is 18.8 Å². The Kier molecular flexibility index (Phi) is 3.48. The minimum Gasteiger partial charge on any atom is -0.338 e. The van der Waals surface area contributed by atoms with E-state index in [1.165, 1.54) is 5.56 Å². The third-order valence-corrected chi connectivity index (χ3v) is 4.09. The fraction of sp³-hybridized carbons (Fsp3) is 0.500. The molecule has 1 amide bonds. The van der Waals surface area contributed by atoms with Crippen molar-refractivity contribution in [2.24, 2.45) is 5.41 Å². The maximum Gasteiger partial charge on any atom is 0.254 e. The molecule has 1 aliphatic rings. The number of hydrogen-bond donors (Lipinski definition) is 1. The van der Waals surface area contributed by atoms with Gasteiger partial charge in [-0.05, 0) is 29.2 Å². The first kappa shape index (κ1) is 12.5. The van der Waals surface area contributed by atoms with Crippen molar-refractivity contribution < 1.29 is 4.79 Å². The molecular formula is C14H19NOS. The van der Waals surface area contributed by atoms with Gasteiger partial charge in [0.05, 0.1) is 0 Å². The van der Waals surface area contributed by atoms with Crippen LogP contribution in [0.25, 0.3) is 0 Å². The molecule has 92 valence electrons. The van der Waals surface area contributed by atoms with Crippen LogP contribution in [0.5, 0.6) is 0 Å². The predicted octanol–water partition coefficient (Wildman–Crippen LogP) is 2.64. The fourth-order valence-electron chi connectivity index (χ4n) is 2.19. The summed E-state index contributed by atoms with van der Waals surface area (Å²) in [7, 11) is 0. The quantitative estimate of drug-likeness (QED) is 0.817. The average Bonchev–Trinajstić information content (AvgIpc) is 2.33. The molecule has 0 fully saturated rings. The summed E-state index contributed by atoms with van der Waals surface area (Å²) in [6, 6.07) is 7.91. The maximum absolute atomic E-state index is 12.3. The molecule has 0 aliphatic carbocycles. The van der Waals surface area contributed by atoms with Gasteiger partial charge in [-0.1, -0.05) is 32.0 Å². The molecule has 0 radical (unpaired) electrons. The van der Waals surface area contributed by atoms with Gasteiger partial charge in [0.25, 0.3) is 5.91 Å². The lowest BCUT2D eigenvalue weighted by atomic mass is 9.92. The number of hydrogen-bond acceptors (Lipinski definition) is 2. The molecule has 1 aliphatic heterocycles. The molecule has 0 saturated carbocycles. The number of rotatable bonds is 3. The zero-order valence-corrected chi connectivity index (χ0v) is 11.3. The third kappa shape index (κ3) is 2.65. The van der Waals surface area contributed by atoms with Gasteiger partial charge in [-0.3, -0.25) is 4.79 Å². The lowest BCUT2D eigenvalue weighted by Gasteiger charge is -2.34. The Bertz CT molecular complexity index is 428. The van der Waals surface area contributed by atoms with Crippen LogP contribution >= 0.6 is 12.6 Å². The van der Waals surface area contributed by atoms with Crippen LogP contribution in [0.2, 0.25) is 0 Å². The first-order chi connectivity index (χ1) is 8.03. The van der Waals surface area contributed by atoms with Gasteiger partial charge in [-0.15, -0.1) is 0 Å². The minimum atomic E-state index is 0.0745. The van der Waals surface area contributed by atoms with Gasteiger partial charge >= 0.3 is 0 Å².